The number of likely N-dealkylation sites (tertiary alicyclic amines) is 1. The number of rotatable bonds is 3. The average Bonchev–Trinajstić information content (AvgIpc) is 2.36. The van der Waals surface area contributed by atoms with Crippen LogP contribution in [0.4, 0.5) is 0 Å². The number of nitrogens with zero attached hydrogens (tertiary/aromatic N) is 3. The summed E-state index contributed by atoms with van der Waals surface area (Å²) in [6, 6.07) is 0. The molecule has 0 saturated carbocycles. The van der Waals surface area contributed by atoms with Crippen LogP contribution in [-0.2, 0) is 13.6 Å². The highest BCUT2D eigenvalue weighted by atomic mass is 35.5. The van der Waals surface area contributed by atoms with Gasteiger partial charge in [-0.05, 0) is 12.8 Å². The van der Waals surface area contributed by atoms with Crippen LogP contribution in [0.25, 0.3) is 0 Å². The minimum Gasteiger partial charge on any atom is -0.297 e. The van der Waals surface area contributed by atoms with Gasteiger partial charge in [-0.2, -0.15) is 5.10 Å². The first-order valence-electron chi connectivity index (χ1n) is 5.08. The summed E-state index contributed by atoms with van der Waals surface area (Å²) in [5.74, 6) is 1.41. The molecule has 0 radical (unpaired) electrons. The number of aryl methyl sites for hydroxylation is 2. The molecule has 84 valence electrons. The summed E-state index contributed by atoms with van der Waals surface area (Å²) < 4.78 is 1.87. The molecule has 1 aliphatic rings. The lowest BCUT2D eigenvalue weighted by Gasteiger charge is -2.38. The van der Waals surface area contributed by atoms with Crippen LogP contribution in [0.5, 0.6) is 0 Å². The molecule has 1 fully saturated rings. The third-order valence-electron chi connectivity index (χ3n) is 2.89. The van der Waals surface area contributed by atoms with E-state index in [2.05, 4.69) is 10.00 Å². The first-order chi connectivity index (χ1) is 7.11. The second-order valence-corrected chi connectivity index (χ2v) is 4.87. The summed E-state index contributed by atoms with van der Waals surface area (Å²) >= 11 is 11.9. The maximum atomic E-state index is 6.17. The summed E-state index contributed by atoms with van der Waals surface area (Å²) in [6.07, 6.45) is 0. The highest BCUT2D eigenvalue weighted by Gasteiger charge is 2.27. The van der Waals surface area contributed by atoms with Crippen molar-refractivity contribution in [2.75, 3.05) is 19.0 Å². The van der Waals surface area contributed by atoms with Crippen LogP contribution in [0.1, 0.15) is 11.4 Å². The van der Waals surface area contributed by atoms with Gasteiger partial charge in [-0.15, -0.1) is 11.6 Å². The number of alkyl halides is 1. The topological polar surface area (TPSA) is 21.1 Å². The molecule has 2 rings (SSSR count). The summed E-state index contributed by atoms with van der Waals surface area (Å²) in [5, 5.41) is 5.09. The molecule has 15 heavy (non-hydrogen) atoms. The molecular weight excluding hydrogens is 233 g/mol. The van der Waals surface area contributed by atoms with E-state index in [-0.39, 0.29) is 0 Å². The van der Waals surface area contributed by atoms with Crippen LogP contribution < -0.4 is 0 Å². The number of halogens is 2. The average molecular weight is 248 g/mol. The predicted molar refractivity (Wildman–Crippen MR) is 62.4 cm³/mol. The molecule has 0 amide bonds. The fraction of sp³-hybridized carbons (Fsp3) is 0.700. The van der Waals surface area contributed by atoms with Crippen molar-refractivity contribution in [1.82, 2.24) is 14.7 Å². The SMILES string of the molecule is Cc1nn(C)c(CN2CC(CCl)C2)c1Cl. The van der Waals surface area contributed by atoms with Crippen molar-refractivity contribution < 1.29 is 0 Å². The fourth-order valence-corrected chi connectivity index (χ4v) is 2.38. The fourth-order valence-electron chi connectivity index (χ4n) is 1.97. The van der Waals surface area contributed by atoms with Crippen molar-refractivity contribution in [2.24, 2.45) is 13.0 Å². The van der Waals surface area contributed by atoms with Crippen molar-refractivity contribution >= 4 is 23.2 Å². The third-order valence-corrected chi connectivity index (χ3v) is 3.81. The number of aromatic nitrogens is 2. The van der Waals surface area contributed by atoms with E-state index >= 15 is 0 Å². The smallest absolute Gasteiger partial charge is 0.0860 e. The quantitative estimate of drug-likeness (QED) is 0.763. The van der Waals surface area contributed by atoms with Gasteiger partial charge in [0, 0.05) is 32.6 Å². The molecule has 5 heteroatoms. The molecule has 1 aromatic heterocycles. The van der Waals surface area contributed by atoms with Crippen LogP contribution in [0, 0.1) is 12.8 Å². The van der Waals surface area contributed by atoms with Gasteiger partial charge in [0.05, 0.1) is 16.4 Å². The van der Waals surface area contributed by atoms with Crippen LogP contribution >= 0.6 is 23.2 Å². The molecule has 0 spiro atoms. The maximum absolute atomic E-state index is 6.17. The highest BCUT2D eigenvalue weighted by Crippen LogP contribution is 2.25. The largest absolute Gasteiger partial charge is 0.297 e. The standard InChI is InChI=1S/C10H15Cl2N3/c1-7-10(12)9(14(2)13-7)6-15-4-8(3-11)5-15/h8H,3-6H2,1-2H3. The lowest BCUT2D eigenvalue weighted by atomic mass is 10.0. The summed E-state index contributed by atoms with van der Waals surface area (Å²) in [7, 11) is 1.94. The molecule has 1 saturated heterocycles. The first kappa shape index (κ1) is 11.2. The highest BCUT2D eigenvalue weighted by molar-refractivity contribution is 6.31. The molecule has 0 N–H and O–H groups in total. The van der Waals surface area contributed by atoms with Crippen molar-refractivity contribution in [3.8, 4) is 0 Å². The van der Waals surface area contributed by atoms with Crippen molar-refractivity contribution in [2.45, 2.75) is 13.5 Å². The molecule has 2 heterocycles. The second-order valence-electron chi connectivity index (χ2n) is 4.18. The van der Waals surface area contributed by atoms with Crippen LogP contribution in [0.3, 0.4) is 0 Å². The number of hydrogen-bond acceptors (Lipinski definition) is 2. The minimum atomic E-state index is 0.653. The lowest BCUT2D eigenvalue weighted by Crippen LogP contribution is -2.47. The zero-order chi connectivity index (χ0) is 11.0. The predicted octanol–water partition coefficient (Wildman–Crippen LogP) is 2.05. The molecule has 1 aromatic rings. The van der Waals surface area contributed by atoms with Crippen molar-refractivity contribution in [1.29, 1.82) is 0 Å². The Balaban J connectivity index is 2.00. The first-order valence-corrected chi connectivity index (χ1v) is 5.99. The zero-order valence-electron chi connectivity index (χ0n) is 9.00. The summed E-state index contributed by atoms with van der Waals surface area (Å²) in [6.45, 7) is 4.96. The summed E-state index contributed by atoms with van der Waals surface area (Å²) in [5.41, 5.74) is 2.01. The van der Waals surface area contributed by atoms with Gasteiger partial charge >= 0.3 is 0 Å². The minimum absolute atomic E-state index is 0.653. The van der Waals surface area contributed by atoms with Gasteiger partial charge in [0.25, 0.3) is 0 Å². The van der Waals surface area contributed by atoms with Crippen LogP contribution in [-0.4, -0.2) is 33.6 Å². The summed E-state index contributed by atoms with van der Waals surface area (Å²) in [4.78, 5) is 2.34. The van der Waals surface area contributed by atoms with E-state index in [9.17, 15) is 0 Å². The Hall–Kier alpha value is -0.250. The van der Waals surface area contributed by atoms with E-state index in [0.29, 0.717) is 5.92 Å². The normalized spacial score (nSPS) is 18.1. The molecule has 1 aliphatic heterocycles. The van der Waals surface area contributed by atoms with Gasteiger partial charge in [0.2, 0.25) is 0 Å². The van der Waals surface area contributed by atoms with Gasteiger partial charge in [-0.1, -0.05) is 11.6 Å². The van der Waals surface area contributed by atoms with Gasteiger partial charge < -0.3 is 0 Å². The molecule has 0 bridgehead atoms. The third kappa shape index (κ3) is 2.14. The van der Waals surface area contributed by atoms with Crippen LogP contribution in [0.15, 0.2) is 0 Å². The Morgan fingerprint density at radius 3 is 2.60 bits per heavy atom. The Morgan fingerprint density at radius 1 is 1.47 bits per heavy atom. The van der Waals surface area contributed by atoms with E-state index in [4.69, 9.17) is 23.2 Å². The van der Waals surface area contributed by atoms with Crippen molar-refractivity contribution in [3.05, 3.63) is 16.4 Å². The molecule has 0 atom stereocenters. The van der Waals surface area contributed by atoms with E-state index in [0.717, 1.165) is 41.9 Å². The van der Waals surface area contributed by atoms with E-state index in [1.807, 2.05) is 18.7 Å². The molecule has 0 aliphatic carbocycles. The van der Waals surface area contributed by atoms with Crippen LogP contribution in [0.2, 0.25) is 5.02 Å². The monoisotopic (exact) mass is 247 g/mol. The molecule has 3 nitrogen and oxygen atoms in total. The Morgan fingerprint density at radius 2 is 2.13 bits per heavy atom. The Bertz CT molecular complexity index is 356. The maximum Gasteiger partial charge on any atom is 0.0860 e. The van der Waals surface area contributed by atoms with Crippen molar-refractivity contribution in [3.63, 3.8) is 0 Å². The number of hydrogen-bond donors (Lipinski definition) is 0. The van der Waals surface area contributed by atoms with E-state index in [1.54, 1.807) is 0 Å². The zero-order valence-corrected chi connectivity index (χ0v) is 10.5. The molecular formula is C10H15Cl2N3. The van der Waals surface area contributed by atoms with Gasteiger partial charge in [-0.25, -0.2) is 0 Å². The molecule has 0 aromatic carbocycles. The van der Waals surface area contributed by atoms with Gasteiger partial charge in [0.15, 0.2) is 0 Å². The molecule has 0 unspecified atom stereocenters. The second kappa shape index (κ2) is 4.32. The lowest BCUT2D eigenvalue weighted by molar-refractivity contribution is 0.104. The Labute approximate surface area is 100.0 Å². The van der Waals surface area contributed by atoms with Gasteiger partial charge in [0.1, 0.15) is 0 Å². The van der Waals surface area contributed by atoms with Gasteiger partial charge in [-0.3, -0.25) is 9.58 Å². The Kier molecular flexibility index (Phi) is 3.24. The van der Waals surface area contributed by atoms with E-state index in [1.165, 1.54) is 0 Å². The van der Waals surface area contributed by atoms with E-state index < -0.39 is 0 Å².